The lowest BCUT2D eigenvalue weighted by molar-refractivity contribution is -0.139. The molecule has 0 radical (unpaired) electrons. The molecule has 2 N–H and O–H groups in total. The van der Waals surface area contributed by atoms with Crippen molar-refractivity contribution < 1.29 is 34.1 Å². The second-order valence-electron chi connectivity index (χ2n) is 14.2. The summed E-state index contributed by atoms with van der Waals surface area (Å²) >= 11 is 0. The largest absolute Gasteiger partial charge is 0.497 e. The zero-order chi connectivity index (χ0) is 38.3. The van der Waals surface area contributed by atoms with Crippen molar-refractivity contribution in [1.82, 2.24) is 4.90 Å². The molecule has 3 atom stereocenters. The van der Waals surface area contributed by atoms with Gasteiger partial charge in [-0.25, -0.2) is 0 Å². The zero-order valence-corrected chi connectivity index (χ0v) is 30.6. The molecule has 10 heteroatoms. The Morgan fingerprint density at radius 1 is 0.909 bits per heavy atom. The van der Waals surface area contributed by atoms with Gasteiger partial charge in [-0.05, 0) is 77.7 Å². The third kappa shape index (κ3) is 6.33. The summed E-state index contributed by atoms with van der Waals surface area (Å²) < 4.78 is 11.6. The van der Waals surface area contributed by atoms with Crippen LogP contribution in [0.2, 0.25) is 0 Å². The smallest absolute Gasteiger partial charge is 0.266 e. The van der Waals surface area contributed by atoms with Gasteiger partial charge in [-0.1, -0.05) is 79.7 Å². The van der Waals surface area contributed by atoms with Gasteiger partial charge in [0.1, 0.15) is 11.5 Å². The molecule has 55 heavy (non-hydrogen) atoms. The summed E-state index contributed by atoms with van der Waals surface area (Å²) in [5.41, 5.74) is 3.68. The Labute approximate surface area is 319 Å². The Hall–Kier alpha value is -6.23. The van der Waals surface area contributed by atoms with Gasteiger partial charge in [-0.3, -0.25) is 19.3 Å². The minimum atomic E-state index is -1.93. The van der Waals surface area contributed by atoms with E-state index < -0.39 is 17.4 Å². The summed E-state index contributed by atoms with van der Waals surface area (Å²) in [7, 11) is 1.53. The van der Waals surface area contributed by atoms with Crippen molar-refractivity contribution in [2.45, 2.75) is 44.5 Å². The number of ether oxygens (including phenoxy) is 2. The van der Waals surface area contributed by atoms with Crippen LogP contribution in [0.5, 0.6) is 17.2 Å². The van der Waals surface area contributed by atoms with Crippen molar-refractivity contribution in [3.8, 4) is 17.2 Å². The number of rotatable bonds is 9. The van der Waals surface area contributed by atoms with Crippen LogP contribution in [0.1, 0.15) is 46.0 Å². The molecule has 5 aromatic rings. The molecule has 0 aromatic heterocycles. The summed E-state index contributed by atoms with van der Waals surface area (Å²) in [6.45, 7) is 2.19. The number of fused-ring (bicyclic) bond motifs is 4. The van der Waals surface area contributed by atoms with E-state index in [1.807, 2.05) is 78.9 Å². The van der Waals surface area contributed by atoms with Crippen LogP contribution < -0.4 is 19.3 Å². The first-order chi connectivity index (χ1) is 26.7. The second kappa shape index (κ2) is 14.5. The fourth-order valence-electron chi connectivity index (χ4n) is 7.88. The average Bonchev–Trinajstić information content (AvgIpc) is 3.34. The first-order valence-electron chi connectivity index (χ1n) is 18.4. The lowest BCUT2D eigenvalue weighted by Gasteiger charge is -2.36. The summed E-state index contributed by atoms with van der Waals surface area (Å²) in [6, 6.07) is 34.8. The topological polar surface area (TPSA) is 120 Å². The molecular formula is C45H41N3O7. The molecule has 0 saturated carbocycles. The van der Waals surface area contributed by atoms with Crippen LogP contribution in [0, 0.1) is 5.92 Å². The minimum Gasteiger partial charge on any atom is -0.497 e. The van der Waals surface area contributed by atoms with Crippen molar-refractivity contribution in [2.75, 3.05) is 23.5 Å². The number of carbonyl (C=O) groups excluding carboxylic acids is 3. The molecule has 0 spiro atoms. The van der Waals surface area contributed by atoms with E-state index in [1.54, 1.807) is 70.2 Å². The highest BCUT2D eigenvalue weighted by molar-refractivity contribution is 6.14. The zero-order valence-electron chi connectivity index (χ0n) is 30.6. The van der Waals surface area contributed by atoms with Crippen LogP contribution in [0.25, 0.3) is 0 Å². The highest BCUT2D eigenvalue weighted by Gasteiger charge is 2.52. The highest BCUT2D eigenvalue weighted by Crippen LogP contribution is 2.48. The fourth-order valence-corrected chi connectivity index (χ4v) is 7.88. The van der Waals surface area contributed by atoms with Crippen molar-refractivity contribution in [1.29, 1.82) is 0 Å². The maximum absolute atomic E-state index is 14.4. The molecular weight excluding hydrogens is 695 g/mol. The molecule has 3 aliphatic heterocycles. The molecule has 0 bridgehead atoms. The fraction of sp³-hybridized carbons (Fsp3) is 0.222. The van der Waals surface area contributed by atoms with E-state index in [0.29, 0.717) is 58.4 Å². The molecule has 0 fully saturated rings. The van der Waals surface area contributed by atoms with Crippen LogP contribution in [0.4, 0.5) is 17.1 Å². The average molecular weight is 736 g/mol. The number of aliphatic hydroxyl groups excluding tert-OH is 1. The molecule has 278 valence electrons. The molecule has 8 rings (SSSR count). The number of aliphatic hydroxyl groups is 2. The van der Waals surface area contributed by atoms with Crippen LogP contribution in [0.15, 0.2) is 127 Å². The van der Waals surface area contributed by atoms with Crippen LogP contribution in [-0.4, -0.2) is 52.6 Å². The maximum atomic E-state index is 14.4. The van der Waals surface area contributed by atoms with Gasteiger partial charge < -0.3 is 29.5 Å². The summed E-state index contributed by atoms with van der Waals surface area (Å²) in [5, 5.41) is 22.4. The number of nitrogens with zero attached hydrogens (tertiary/aromatic N) is 3. The number of carbonyl (C=O) groups is 3. The van der Waals surface area contributed by atoms with E-state index >= 15 is 0 Å². The molecule has 3 aliphatic rings. The number of hydrogen-bond acceptors (Lipinski definition) is 7. The second-order valence-corrected chi connectivity index (χ2v) is 14.2. The van der Waals surface area contributed by atoms with Gasteiger partial charge in [0.25, 0.3) is 11.8 Å². The van der Waals surface area contributed by atoms with Crippen LogP contribution >= 0.6 is 0 Å². The van der Waals surface area contributed by atoms with E-state index in [1.165, 1.54) is 7.11 Å². The Bertz CT molecular complexity index is 2320. The van der Waals surface area contributed by atoms with Crippen molar-refractivity contribution in [2.24, 2.45) is 5.92 Å². The number of amides is 3. The van der Waals surface area contributed by atoms with Gasteiger partial charge >= 0.3 is 0 Å². The highest BCUT2D eigenvalue weighted by atomic mass is 16.5. The van der Waals surface area contributed by atoms with E-state index in [2.05, 4.69) is 0 Å². The quantitative estimate of drug-likeness (QED) is 0.156. The SMILES string of the molecule is COc1ccc2c(c1)[C@](O)([C@@H](C)/C=C/CC(=O)N1Cc3ccccc3C[C@H]1CO)C(=O)N2Cc1ccc(N2C(=O)c3ccccc3Oc3ccccc32)cc1. The van der Waals surface area contributed by atoms with E-state index in [4.69, 9.17) is 9.47 Å². The minimum absolute atomic E-state index is 0.0516. The normalized spacial score (nSPS) is 19.3. The predicted molar refractivity (Wildman–Crippen MR) is 208 cm³/mol. The summed E-state index contributed by atoms with van der Waals surface area (Å²) in [4.78, 5) is 46.6. The molecule has 10 nitrogen and oxygen atoms in total. The third-order valence-electron chi connectivity index (χ3n) is 10.9. The number of hydrogen-bond donors (Lipinski definition) is 2. The van der Waals surface area contributed by atoms with Gasteiger partial charge in [0.15, 0.2) is 11.4 Å². The molecule has 0 aliphatic carbocycles. The Balaban J connectivity index is 1.03. The lowest BCUT2D eigenvalue weighted by atomic mass is 9.82. The van der Waals surface area contributed by atoms with Crippen LogP contribution in [-0.2, 0) is 34.7 Å². The molecule has 0 saturated heterocycles. The van der Waals surface area contributed by atoms with Gasteiger partial charge in [-0.15, -0.1) is 0 Å². The van der Waals surface area contributed by atoms with Crippen molar-refractivity contribution >= 4 is 34.8 Å². The molecule has 5 aromatic carbocycles. The molecule has 3 heterocycles. The Morgan fingerprint density at radius 3 is 2.38 bits per heavy atom. The van der Waals surface area contributed by atoms with Crippen LogP contribution in [0.3, 0.4) is 0 Å². The summed E-state index contributed by atoms with van der Waals surface area (Å²) in [6.07, 6.45) is 4.04. The van der Waals surface area contributed by atoms with E-state index in [-0.39, 0.29) is 37.4 Å². The Kier molecular flexibility index (Phi) is 9.46. The van der Waals surface area contributed by atoms with Gasteiger partial charge in [0, 0.05) is 30.1 Å². The summed E-state index contributed by atoms with van der Waals surface area (Å²) in [5.74, 6) is -0.0460. The maximum Gasteiger partial charge on any atom is 0.266 e. The van der Waals surface area contributed by atoms with E-state index in [0.717, 1.165) is 16.7 Å². The van der Waals surface area contributed by atoms with Gasteiger partial charge in [0.05, 0.1) is 43.2 Å². The molecule has 3 amide bonds. The molecule has 0 unspecified atom stereocenters. The van der Waals surface area contributed by atoms with Crippen molar-refractivity contribution in [3.05, 3.63) is 155 Å². The lowest BCUT2D eigenvalue weighted by Crippen LogP contribution is -2.46. The number of anilines is 3. The number of para-hydroxylation sites is 3. The number of methoxy groups -OCH3 is 1. The first-order valence-corrected chi connectivity index (χ1v) is 18.4. The van der Waals surface area contributed by atoms with E-state index in [9.17, 15) is 24.6 Å². The van der Waals surface area contributed by atoms with Gasteiger partial charge in [0.2, 0.25) is 5.91 Å². The van der Waals surface area contributed by atoms with Crippen molar-refractivity contribution in [3.63, 3.8) is 0 Å². The third-order valence-corrected chi connectivity index (χ3v) is 10.9. The standard InChI is InChI=1S/C45H41N3O7/c1-29(10-9-17-42(50)46-27-32-12-4-3-11-31(32)24-34(46)28-49)45(53)37-25-35(54-2)22-23-38(37)47(44(45)52)26-30-18-20-33(21-19-30)48-39-14-6-8-16-41(39)55-40-15-7-5-13-36(40)43(48)51/h3-16,18-23,25,29,34,49,53H,17,24,26-28H2,1-2H3/b10-9+/t29-,34-,45+/m0/s1. The first kappa shape index (κ1) is 35.8. The van der Waals surface area contributed by atoms with Gasteiger partial charge in [-0.2, -0.15) is 0 Å². The predicted octanol–water partition coefficient (Wildman–Crippen LogP) is 7.04. The Morgan fingerprint density at radius 2 is 1.62 bits per heavy atom. The monoisotopic (exact) mass is 735 g/mol. The number of benzene rings is 5.